The van der Waals surface area contributed by atoms with Gasteiger partial charge in [0, 0.05) is 12.3 Å². The number of hydrogen-bond donors (Lipinski definition) is 2. The lowest BCUT2D eigenvalue weighted by Gasteiger charge is -2.07. The van der Waals surface area contributed by atoms with E-state index >= 15 is 0 Å². The molecule has 0 saturated carbocycles. The lowest BCUT2D eigenvalue weighted by atomic mass is 10.0. The number of halogens is 3. The minimum atomic E-state index is -4.34. The fourth-order valence-corrected chi connectivity index (χ4v) is 1.52. The molecule has 0 aromatic heterocycles. The smallest absolute Gasteiger partial charge is 0.366 e. The number of carbonyl (C=O) groups is 1. The number of alkyl halides is 3. The Morgan fingerprint density at radius 3 is 2.26 bits per heavy atom. The molecular weight excluding hydrogens is 257 g/mol. The van der Waals surface area contributed by atoms with Crippen LogP contribution in [-0.4, -0.2) is 12.1 Å². The Hall–Kier alpha value is -2.11. The summed E-state index contributed by atoms with van der Waals surface area (Å²) in [5.74, 6) is -0.647. The third-order valence-electron chi connectivity index (χ3n) is 2.50. The van der Waals surface area contributed by atoms with Crippen molar-refractivity contribution in [2.75, 3.05) is 0 Å². The van der Waals surface area contributed by atoms with Crippen LogP contribution in [0, 0.1) is 5.41 Å². The van der Waals surface area contributed by atoms with Gasteiger partial charge in [-0.1, -0.05) is 12.1 Å². The molecule has 1 rings (SSSR count). The summed E-state index contributed by atoms with van der Waals surface area (Å²) in [5, 5.41) is 7.09. The first-order valence-corrected chi connectivity index (χ1v) is 5.49. The molecule has 0 atom stereocenters. The molecule has 0 spiro atoms. The highest BCUT2D eigenvalue weighted by atomic mass is 19.4. The number of nitrogens with two attached hydrogens (primary N) is 1. The van der Waals surface area contributed by atoms with Gasteiger partial charge in [0.2, 0.25) is 5.91 Å². The summed E-state index contributed by atoms with van der Waals surface area (Å²) in [6, 6.07) is 4.79. The van der Waals surface area contributed by atoms with E-state index in [1.807, 2.05) is 0 Å². The molecule has 0 fully saturated rings. The van der Waals surface area contributed by atoms with Crippen LogP contribution >= 0.6 is 0 Å². The van der Waals surface area contributed by atoms with Crippen LogP contribution in [0.4, 0.5) is 13.2 Å². The monoisotopic (exact) mass is 270 g/mol. The van der Waals surface area contributed by atoms with E-state index in [0.717, 1.165) is 24.4 Å². The maximum absolute atomic E-state index is 12.3. The lowest BCUT2D eigenvalue weighted by Crippen LogP contribution is -2.08. The number of allylic oxidation sites excluding steroid dienone is 1. The van der Waals surface area contributed by atoms with Crippen molar-refractivity contribution < 1.29 is 18.0 Å². The van der Waals surface area contributed by atoms with Crippen molar-refractivity contribution in [1.29, 1.82) is 5.41 Å². The van der Waals surface area contributed by atoms with Gasteiger partial charge < -0.3 is 11.1 Å². The third-order valence-corrected chi connectivity index (χ3v) is 2.50. The molecule has 0 heterocycles. The summed E-state index contributed by atoms with van der Waals surface area (Å²) in [6.07, 6.45) is -1.39. The van der Waals surface area contributed by atoms with Crippen LogP contribution in [0.2, 0.25) is 0 Å². The molecule has 6 heteroatoms. The van der Waals surface area contributed by atoms with Gasteiger partial charge in [-0.2, -0.15) is 13.2 Å². The highest BCUT2D eigenvalue weighted by Gasteiger charge is 2.29. The molecule has 0 unspecified atom stereocenters. The van der Waals surface area contributed by atoms with Crippen LogP contribution in [0.3, 0.4) is 0 Å². The SMILES string of the molecule is N=C/C(=C\C(N)=O)CCc1ccc(C(F)(F)F)cc1. The number of primary amides is 1. The number of aryl methyl sites for hydroxylation is 1. The van der Waals surface area contributed by atoms with Crippen LogP contribution in [0.5, 0.6) is 0 Å². The number of rotatable bonds is 5. The predicted molar refractivity (Wildman–Crippen MR) is 65.8 cm³/mol. The van der Waals surface area contributed by atoms with Crippen LogP contribution in [0.15, 0.2) is 35.9 Å². The molecule has 102 valence electrons. The number of benzene rings is 1. The quantitative estimate of drug-likeness (QED) is 0.627. The first-order valence-electron chi connectivity index (χ1n) is 5.49. The molecule has 0 saturated heterocycles. The van der Waals surface area contributed by atoms with E-state index in [1.165, 1.54) is 12.1 Å². The number of carbonyl (C=O) groups excluding carboxylic acids is 1. The zero-order valence-corrected chi connectivity index (χ0v) is 10.00. The van der Waals surface area contributed by atoms with Crippen molar-refractivity contribution in [3.8, 4) is 0 Å². The molecule has 1 amide bonds. The van der Waals surface area contributed by atoms with Gasteiger partial charge in [0.1, 0.15) is 0 Å². The van der Waals surface area contributed by atoms with Gasteiger partial charge in [0.15, 0.2) is 0 Å². The summed E-state index contributed by atoms with van der Waals surface area (Å²) < 4.78 is 37.0. The molecule has 1 aromatic carbocycles. The largest absolute Gasteiger partial charge is 0.416 e. The van der Waals surface area contributed by atoms with Gasteiger partial charge in [0.05, 0.1) is 5.56 Å². The molecule has 0 aliphatic rings. The summed E-state index contributed by atoms with van der Waals surface area (Å²) in [4.78, 5) is 10.7. The van der Waals surface area contributed by atoms with Crippen molar-refractivity contribution >= 4 is 12.1 Å². The Morgan fingerprint density at radius 1 is 1.26 bits per heavy atom. The second-order valence-corrected chi connectivity index (χ2v) is 3.96. The fourth-order valence-electron chi connectivity index (χ4n) is 1.52. The van der Waals surface area contributed by atoms with E-state index in [9.17, 15) is 18.0 Å². The second kappa shape index (κ2) is 6.17. The van der Waals surface area contributed by atoms with Gasteiger partial charge in [-0.25, -0.2) is 0 Å². The normalized spacial score (nSPS) is 12.3. The summed E-state index contributed by atoms with van der Waals surface area (Å²) in [5.41, 5.74) is 5.40. The van der Waals surface area contributed by atoms with Crippen molar-refractivity contribution in [1.82, 2.24) is 0 Å². The van der Waals surface area contributed by atoms with E-state index in [2.05, 4.69) is 0 Å². The molecule has 3 nitrogen and oxygen atoms in total. The van der Waals surface area contributed by atoms with Gasteiger partial charge in [0.25, 0.3) is 0 Å². The molecule has 0 radical (unpaired) electrons. The zero-order valence-electron chi connectivity index (χ0n) is 10.00. The topological polar surface area (TPSA) is 66.9 Å². The zero-order chi connectivity index (χ0) is 14.5. The van der Waals surface area contributed by atoms with E-state index in [4.69, 9.17) is 11.1 Å². The van der Waals surface area contributed by atoms with Gasteiger partial charge >= 0.3 is 6.18 Å². The molecule has 0 aliphatic heterocycles. The Morgan fingerprint density at radius 2 is 1.84 bits per heavy atom. The number of amides is 1. The van der Waals surface area contributed by atoms with E-state index in [0.29, 0.717) is 24.0 Å². The molecular formula is C13H13F3N2O. The average molecular weight is 270 g/mol. The van der Waals surface area contributed by atoms with Gasteiger partial charge in [-0.3, -0.25) is 4.79 Å². The van der Waals surface area contributed by atoms with Crippen LogP contribution in [0.1, 0.15) is 17.5 Å². The molecule has 1 aromatic rings. The second-order valence-electron chi connectivity index (χ2n) is 3.96. The van der Waals surface area contributed by atoms with Crippen molar-refractivity contribution in [2.24, 2.45) is 5.73 Å². The maximum Gasteiger partial charge on any atom is 0.416 e. The summed E-state index contributed by atoms with van der Waals surface area (Å²) in [7, 11) is 0. The van der Waals surface area contributed by atoms with Gasteiger partial charge in [-0.15, -0.1) is 0 Å². The van der Waals surface area contributed by atoms with Crippen molar-refractivity contribution in [3.05, 3.63) is 47.0 Å². The van der Waals surface area contributed by atoms with Crippen LogP contribution < -0.4 is 5.73 Å². The standard InChI is InChI=1S/C13H13F3N2O/c14-13(15,16)11-5-3-9(4-6-11)1-2-10(8-17)7-12(18)19/h3-8,17H,1-2H2,(H2,18,19)/b10-7-,17-8?. The predicted octanol–water partition coefficient (Wildman–Crippen LogP) is 2.70. The minimum Gasteiger partial charge on any atom is -0.366 e. The minimum absolute atomic E-state index is 0.373. The Kier molecular flexibility index (Phi) is 4.86. The lowest BCUT2D eigenvalue weighted by molar-refractivity contribution is -0.137. The molecule has 19 heavy (non-hydrogen) atoms. The number of hydrogen-bond acceptors (Lipinski definition) is 2. The molecule has 0 bridgehead atoms. The van der Waals surface area contributed by atoms with Crippen LogP contribution in [-0.2, 0) is 17.4 Å². The van der Waals surface area contributed by atoms with Crippen molar-refractivity contribution in [3.63, 3.8) is 0 Å². The fraction of sp³-hybridized carbons (Fsp3) is 0.231. The highest BCUT2D eigenvalue weighted by molar-refractivity contribution is 5.92. The molecule has 0 aliphatic carbocycles. The van der Waals surface area contributed by atoms with E-state index < -0.39 is 17.6 Å². The summed E-state index contributed by atoms with van der Waals surface area (Å²) in [6.45, 7) is 0. The number of nitrogens with one attached hydrogen (secondary N) is 1. The first-order chi connectivity index (χ1) is 8.82. The highest BCUT2D eigenvalue weighted by Crippen LogP contribution is 2.29. The Bertz CT molecular complexity index is 490. The molecule has 3 N–H and O–H groups in total. The van der Waals surface area contributed by atoms with E-state index in [-0.39, 0.29) is 0 Å². The Balaban J connectivity index is 2.69. The maximum atomic E-state index is 12.3. The third kappa shape index (κ3) is 4.95. The summed E-state index contributed by atoms with van der Waals surface area (Å²) >= 11 is 0. The first kappa shape index (κ1) is 14.9. The van der Waals surface area contributed by atoms with Gasteiger partial charge in [-0.05, 0) is 36.1 Å². The van der Waals surface area contributed by atoms with Crippen molar-refractivity contribution in [2.45, 2.75) is 19.0 Å². The van der Waals surface area contributed by atoms with Crippen LogP contribution in [0.25, 0.3) is 0 Å². The van der Waals surface area contributed by atoms with E-state index in [1.54, 1.807) is 0 Å². The Labute approximate surface area is 108 Å². The average Bonchev–Trinajstić information content (AvgIpc) is 2.33.